The van der Waals surface area contributed by atoms with Crippen molar-refractivity contribution in [1.29, 1.82) is 0 Å². The Hall–Kier alpha value is -1.08. The largest absolute Gasteiger partial charge is 0.394 e. The Balaban J connectivity index is 1.43. The predicted octanol–water partition coefficient (Wildman–Crippen LogP) is 3.20. The maximum Gasteiger partial charge on any atom is 0.0994 e. The molecule has 8 atom stereocenters. The molecule has 0 spiro atoms. The maximum absolute atomic E-state index is 12.3. The topological polar surface area (TPSA) is 95.7 Å². The molecule has 0 amide bonds. The zero-order chi connectivity index (χ0) is 21.9. The number of aliphatic hydroxyl groups is 3. The molecule has 0 aliphatic heterocycles. The number of nitrogens with zero attached hydrogens (tertiary/aromatic N) is 2. The highest BCUT2D eigenvalue weighted by Crippen LogP contribution is 2.71. The molecule has 0 radical (unpaired) electrons. The highest BCUT2D eigenvalue weighted by Gasteiger charge is 2.72. The summed E-state index contributed by atoms with van der Waals surface area (Å²) in [5, 5.41) is 41.2. The molecule has 1 aromatic heterocycles. The van der Waals surface area contributed by atoms with Crippen molar-refractivity contribution in [3.63, 3.8) is 0 Å². The minimum Gasteiger partial charge on any atom is -0.394 e. The molecule has 1 heterocycles. The van der Waals surface area contributed by atoms with Crippen molar-refractivity contribution in [3.05, 3.63) is 24.0 Å². The smallest absolute Gasteiger partial charge is 0.0994 e. The van der Waals surface area contributed by atoms with Crippen molar-refractivity contribution in [1.82, 2.24) is 10.2 Å². The predicted molar refractivity (Wildman–Crippen MR) is 116 cm³/mol. The zero-order valence-electron chi connectivity index (χ0n) is 19.0. The fourth-order valence-electron chi connectivity index (χ4n) is 8.57. The fraction of sp³-hybridized carbons (Fsp3) is 0.840. The van der Waals surface area contributed by atoms with Gasteiger partial charge in [0.1, 0.15) is 0 Å². The molecular formula is C25H38N2O4. The molecule has 0 aromatic carbocycles. The van der Waals surface area contributed by atoms with E-state index < -0.39 is 16.6 Å². The summed E-state index contributed by atoms with van der Waals surface area (Å²) in [6, 6.07) is 1.86. The second kappa shape index (κ2) is 7.47. The van der Waals surface area contributed by atoms with Gasteiger partial charge in [0.2, 0.25) is 0 Å². The van der Waals surface area contributed by atoms with E-state index in [-0.39, 0.29) is 24.0 Å². The lowest BCUT2D eigenvalue weighted by molar-refractivity contribution is -0.239. The van der Waals surface area contributed by atoms with Crippen LogP contribution in [0, 0.1) is 28.6 Å². The Morgan fingerprint density at radius 2 is 1.84 bits per heavy atom. The van der Waals surface area contributed by atoms with Crippen LogP contribution in [0.5, 0.6) is 0 Å². The third-order valence-electron chi connectivity index (χ3n) is 10.5. The number of rotatable bonds is 4. The van der Waals surface area contributed by atoms with Gasteiger partial charge in [-0.25, -0.2) is 0 Å². The van der Waals surface area contributed by atoms with Gasteiger partial charge in [-0.3, -0.25) is 0 Å². The van der Waals surface area contributed by atoms with Gasteiger partial charge < -0.3 is 20.1 Å². The number of fused-ring (bicyclic) bond motifs is 5. The van der Waals surface area contributed by atoms with Crippen LogP contribution in [0.25, 0.3) is 0 Å². The summed E-state index contributed by atoms with van der Waals surface area (Å²) in [6.45, 7) is 5.09. The summed E-state index contributed by atoms with van der Waals surface area (Å²) in [5.74, 6) is 1.33. The summed E-state index contributed by atoms with van der Waals surface area (Å²) in [4.78, 5) is 0. The Labute approximate surface area is 185 Å². The van der Waals surface area contributed by atoms with Gasteiger partial charge in [0.25, 0.3) is 0 Å². The average molecular weight is 431 g/mol. The molecule has 4 aliphatic rings. The van der Waals surface area contributed by atoms with Crippen molar-refractivity contribution in [2.75, 3.05) is 13.2 Å². The van der Waals surface area contributed by atoms with Gasteiger partial charge in [0.15, 0.2) is 0 Å². The van der Waals surface area contributed by atoms with Crippen LogP contribution in [-0.2, 0) is 10.3 Å². The van der Waals surface area contributed by atoms with Gasteiger partial charge in [-0.1, -0.05) is 13.8 Å². The summed E-state index contributed by atoms with van der Waals surface area (Å²) in [7, 11) is 0. The molecule has 172 valence electrons. The first kappa shape index (κ1) is 21.7. The summed E-state index contributed by atoms with van der Waals surface area (Å²) < 4.78 is 5.90. The van der Waals surface area contributed by atoms with Gasteiger partial charge in [0.05, 0.1) is 36.7 Å². The highest BCUT2D eigenvalue weighted by molar-refractivity contribution is 5.30. The average Bonchev–Trinajstić information content (AvgIpc) is 3.00. The SMILES string of the molecule is C[C@]12CC[C@H](OCCO)C[C@H]1CC[C@@H]1[C@@H]2CC[C@]2(C)[C@@](O)(c3ccnnc3)CC[C@]12O. The molecule has 0 bridgehead atoms. The first-order valence-electron chi connectivity index (χ1n) is 12.2. The third kappa shape index (κ3) is 2.91. The Morgan fingerprint density at radius 1 is 1.00 bits per heavy atom. The van der Waals surface area contributed by atoms with Crippen molar-refractivity contribution >= 4 is 0 Å². The zero-order valence-corrected chi connectivity index (χ0v) is 19.0. The maximum atomic E-state index is 12.3. The van der Waals surface area contributed by atoms with E-state index >= 15 is 0 Å². The van der Waals surface area contributed by atoms with Crippen LogP contribution in [-0.4, -0.2) is 50.4 Å². The van der Waals surface area contributed by atoms with E-state index in [0.717, 1.165) is 50.5 Å². The number of aromatic nitrogens is 2. The quantitative estimate of drug-likeness (QED) is 0.679. The Kier molecular flexibility index (Phi) is 5.24. The van der Waals surface area contributed by atoms with Gasteiger partial charge >= 0.3 is 0 Å². The first-order valence-corrected chi connectivity index (χ1v) is 12.2. The van der Waals surface area contributed by atoms with E-state index in [1.165, 1.54) is 0 Å². The Bertz CT molecular complexity index is 808. The second-order valence-electron chi connectivity index (χ2n) is 11.3. The van der Waals surface area contributed by atoms with Gasteiger partial charge in [-0.05, 0) is 87.0 Å². The first-order chi connectivity index (χ1) is 14.8. The van der Waals surface area contributed by atoms with E-state index in [0.29, 0.717) is 31.3 Å². The van der Waals surface area contributed by atoms with Crippen LogP contribution in [0.4, 0.5) is 0 Å². The van der Waals surface area contributed by atoms with Crippen molar-refractivity contribution in [2.24, 2.45) is 28.6 Å². The van der Waals surface area contributed by atoms with Gasteiger partial charge in [-0.15, -0.1) is 0 Å². The van der Waals surface area contributed by atoms with Crippen LogP contribution in [0.1, 0.15) is 77.2 Å². The normalized spacial score (nSPS) is 49.2. The molecule has 1 aromatic rings. The van der Waals surface area contributed by atoms with E-state index in [1.54, 1.807) is 12.4 Å². The lowest BCUT2D eigenvalue weighted by Crippen LogP contribution is -2.64. The lowest BCUT2D eigenvalue weighted by atomic mass is 9.43. The molecule has 4 saturated carbocycles. The molecule has 0 unspecified atom stereocenters. The van der Waals surface area contributed by atoms with Gasteiger partial charge in [-0.2, -0.15) is 10.2 Å². The molecule has 0 saturated heterocycles. The summed E-state index contributed by atoms with van der Waals surface area (Å²) in [5.41, 5.74) is -1.48. The molecule has 3 N–H and O–H groups in total. The van der Waals surface area contributed by atoms with Gasteiger partial charge in [0, 0.05) is 17.2 Å². The molecule has 5 rings (SSSR count). The number of hydrogen-bond donors (Lipinski definition) is 3. The molecule has 31 heavy (non-hydrogen) atoms. The second-order valence-corrected chi connectivity index (χ2v) is 11.3. The standard InChI is InChI=1S/C25H38N2O4/c1-22-8-5-19(31-14-13-28)15-17(22)3-4-21-20(22)6-9-23(2)24(29,10-11-25(21,23)30)18-7-12-26-27-16-18/h7,12,16-17,19-21,28-30H,3-6,8-11,13-15H2,1-2H3/t17-,19+,20+,21-,22+,23-,24+,25+/m1/s1. The number of aliphatic hydroxyl groups excluding tert-OH is 1. The van der Waals surface area contributed by atoms with Crippen molar-refractivity contribution in [2.45, 2.75) is 88.9 Å². The van der Waals surface area contributed by atoms with E-state index in [4.69, 9.17) is 9.84 Å². The molecule has 6 nitrogen and oxygen atoms in total. The molecular weight excluding hydrogens is 392 g/mol. The Morgan fingerprint density at radius 3 is 2.58 bits per heavy atom. The van der Waals surface area contributed by atoms with Crippen LogP contribution in [0.2, 0.25) is 0 Å². The fourth-order valence-corrected chi connectivity index (χ4v) is 8.57. The molecule has 6 heteroatoms. The van der Waals surface area contributed by atoms with Crippen molar-refractivity contribution in [3.8, 4) is 0 Å². The van der Waals surface area contributed by atoms with Crippen LogP contribution < -0.4 is 0 Å². The van der Waals surface area contributed by atoms with Crippen LogP contribution in [0.3, 0.4) is 0 Å². The number of ether oxygens (including phenoxy) is 1. The van der Waals surface area contributed by atoms with Crippen LogP contribution >= 0.6 is 0 Å². The minimum absolute atomic E-state index is 0.0880. The minimum atomic E-state index is -1.06. The highest BCUT2D eigenvalue weighted by atomic mass is 16.5. The summed E-state index contributed by atoms with van der Waals surface area (Å²) >= 11 is 0. The molecule has 4 aliphatic carbocycles. The monoisotopic (exact) mass is 430 g/mol. The van der Waals surface area contributed by atoms with Crippen molar-refractivity contribution < 1.29 is 20.1 Å². The molecule has 4 fully saturated rings. The van der Waals surface area contributed by atoms with Crippen LogP contribution in [0.15, 0.2) is 18.5 Å². The van der Waals surface area contributed by atoms with E-state index in [1.807, 2.05) is 6.07 Å². The van der Waals surface area contributed by atoms with E-state index in [2.05, 4.69) is 24.0 Å². The summed E-state index contributed by atoms with van der Waals surface area (Å²) in [6.07, 6.45) is 12.1. The van der Waals surface area contributed by atoms with E-state index in [9.17, 15) is 10.2 Å². The lowest BCUT2D eigenvalue weighted by Gasteiger charge is -2.64. The third-order valence-corrected chi connectivity index (χ3v) is 10.5. The number of hydrogen-bond acceptors (Lipinski definition) is 6.